The van der Waals surface area contributed by atoms with E-state index in [1.54, 1.807) is 6.33 Å². The standard InChI is InChI=1S/C22H23N11S/c1-3-16(33-10-15(7-30-33)19-18-5-6-23-20(18)27-12-26-19)4-2-14(1)11-34-17-8-24-21(25-9-17)31-22-28-13-29-32-22/h5-10,12-14,16H,1-4,11H2,(H,23,26,27)(H2,24,25,28,29,31,32)/t14-,16+. The third-order valence-corrected chi connectivity index (χ3v) is 7.36. The quantitative estimate of drug-likeness (QED) is 0.299. The predicted molar refractivity (Wildman–Crippen MR) is 129 cm³/mol. The minimum atomic E-state index is 0.434. The van der Waals surface area contributed by atoms with Crippen LogP contribution >= 0.6 is 11.8 Å². The molecule has 0 radical (unpaired) electrons. The molecule has 0 bridgehead atoms. The van der Waals surface area contributed by atoms with E-state index in [1.165, 1.54) is 19.2 Å². The Bertz CT molecular complexity index is 1350. The van der Waals surface area contributed by atoms with Gasteiger partial charge < -0.3 is 9.97 Å². The summed E-state index contributed by atoms with van der Waals surface area (Å²) >= 11 is 1.82. The van der Waals surface area contributed by atoms with Crippen molar-refractivity contribution in [3.05, 3.63) is 49.7 Å². The van der Waals surface area contributed by atoms with Crippen LogP contribution in [0, 0.1) is 5.92 Å². The molecule has 0 aromatic carbocycles. The van der Waals surface area contributed by atoms with Crippen molar-refractivity contribution in [3.63, 3.8) is 0 Å². The molecule has 1 fully saturated rings. The first kappa shape index (κ1) is 20.8. The first-order valence-electron chi connectivity index (χ1n) is 11.2. The molecule has 1 aliphatic rings. The monoisotopic (exact) mass is 473 g/mol. The van der Waals surface area contributed by atoms with Gasteiger partial charge >= 0.3 is 0 Å². The second kappa shape index (κ2) is 9.21. The van der Waals surface area contributed by atoms with Crippen LogP contribution in [0.1, 0.15) is 31.7 Å². The molecule has 5 aromatic rings. The molecule has 5 aromatic heterocycles. The second-order valence-corrected chi connectivity index (χ2v) is 9.46. The van der Waals surface area contributed by atoms with Gasteiger partial charge in [0.2, 0.25) is 11.9 Å². The zero-order chi connectivity index (χ0) is 22.7. The number of anilines is 2. The molecule has 1 saturated carbocycles. The van der Waals surface area contributed by atoms with Gasteiger partial charge in [-0.05, 0) is 37.7 Å². The molecule has 6 rings (SSSR count). The Hall–Kier alpha value is -3.80. The Morgan fingerprint density at radius 1 is 1.03 bits per heavy atom. The van der Waals surface area contributed by atoms with Gasteiger partial charge in [0.15, 0.2) is 0 Å². The lowest BCUT2D eigenvalue weighted by Gasteiger charge is -2.28. The fraction of sp³-hybridized carbons (Fsp3) is 0.318. The Morgan fingerprint density at radius 3 is 2.74 bits per heavy atom. The van der Waals surface area contributed by atoms with Crippen LogP contribution in [0.3, 0.4) is 0 Å². The Morgan fingerprint density at radius 2 is 1.91 bits per heavy atom. The molecule has 172 valence electrons. The lowest BCUT2D eigenvalue weighted by molar-refractivity contribution is 0.277. The van der Waals surface area contributed by atoms with Crippen LogP contribution in [-0.2, 0) is 0 Å². The van der Waals surface area contributed by atoms with Crippen LogP contribution in [0.2, 0.25) is 0 Å². The van der Waals surface area contributed by atoms with E-state index in [-0.39, 0.29) is 0 Å². The smallest absolute Gasteiger partial charge is 0.229 e. The van der Waals surface area contributed by atoms with Crippen LogP contribution in [-0.4, -0.2) is 55.6 Å². The average molecular weight is 474 g/mol. The molecule has 12 heteroatoms. The third-order valence-electron chi connectivity index (χ3n) is 6.18. The summed E-state index contributed by atoms with van der Waals surface area (Å²) in [5.41, 5.74) is 2.81. The van der Waals surface area contributed by atoms with E-state index >= 15 is 0 Å². The maximum Gasteiger partial charge on any atom is 0.229 e. The van der Waals surface area contributed by atoms with Gasteiger partial charge in [0.05, 0.1) is 17.9 Å². The van der Waals surface area contributed by atoms with Crippen molar-refractivity contribution in [3.8, 4) is 11.3 Å². The SMILES string of the molecule is c1nc(-c2cnn([C@H]3CC[C@@H](CSc4cnc(Nc5nnc[nH]5)nc4)CC3)c2)c2cc[nH]c2n1. The van der Waals surface area contributed by atoms with Gasteiger partial charge in [-0.2, -0.15) is 5.10 Å². The number of nitrogens with one attached hydrogen (secondary N) is 3. The molecule has 0 aliphatic heterocycles. The molecule has 11 nitrogen and oxygen atoms in total. The maximum absolute atomic E-state index is 4.67. The summed E-state index contributed by atoms with van der Waals surface area (Å²) in [6, 6.07) is 2.44. The highest BCUT2D eigenvalue weighted by atomic mass is 32.2. The van der Waals surface area contributed by atoms with Crippen molar-refractivity contribution in [1.29, 1.82) is 0 Å². The highest BCUT2D eigenvalue weighted by Crippen LogP contribution is 2.36. The Labute approximate surface area is 199 Å². The van der Waals surface area contributed by atoms with Gasteiger partial charge in [0.1, 0.15) is 18.3 Å². The minimum absolute atomic E-state index is 0.434. The third kappa shape index (κ3) is 4.36. The van der Waals surface area contributed by atoms with Crippen LogP contribution < -0.4 is 5.32 Å². The fourth-order valence-corrected chi connectivity index (χ4v) is 5.40. The van der Waals surface area contributed by atoms with Gasteiger partial charge in [-0.15, -0.1) is 22.0 Å². The van der Waals surface area contributed by atoms with E-state index in [9.17, 15) is 0 Å². The molecular weight excluding hydrogens is 450 g/mol. The zero-order valence-electron chi connectivity index (χ0n) is 18.3. The van der Waals surface area contributed by atoms with E-state index in [1.807, 2.05) is 42.6 Å². The van der Waals surface area contributed by atoms with Crippen molar-refractivity contribution in [1.82, 2.24) is 49.9 Å². The fourth-order valence-electron chi connectivity index (χ4n) is 4.38. The summed E-state index contributed by atoms with van der Waals surface area (Å²) in [6.45, 7) is 0. The number of nitrogens with zero attached hydrogens (tertiary/aromatic N) is 8. The van der Waals surface area contributed by atoms with E-state index in [0.29, 0.717) is 23.9 Å². The number of H-pyrrole nitrogens is 2. The number of hydrogen-bond acceptors (Lipinski definition) is 9. The highest BCUT2D eigenvalue weighted by Gasteiger charge is 2.23. The largest absolute Gasteiger partial charge is 0.346 e. The van der Waals surface area contributed by atoms with Crippen LogP contribution in [0.25, 0.3) is 22.3 Å². The lowest BCUT2D eigenvalue weighted by atomic mass is 9.87. The average Bonchev–Trinajstić information content (AvgIpc) is 3.66. The number of thioether (sulfide) groups is 1. The van der Waals surface area contributed by atoms with Crippen molar-refractivity contribution >= 4 is 34.7 Å². The van der Waals surface area contributed by atoms with Crippen LogP contribution in [0.5, 0.6) is 0 Å². The molecule has 0 atom stereocenters. The summed E-state index contributed by atoms with van der Waals surface area (Å²) in [5.74, 6) is 2.78. The van der Waals surface area contributed by atoms with Crippen molar-refractivity contribution < 1.29 is 0 Å². The van der Waals surface area contributed by atoms with Crippen LogP contribution in [0.4, 0.5) is 11.9 Å². The Kier molecular flexibility index (Phi) is 5.63. The van der Waals surface area contributed by atoms with E-state index in [4.69, 9.17) is 0 Å². The predicted octanol–water partition coefficient (Wildman–Crippen LogP) is 4.00. The van der Waals surface area contributed by atoms with Crippen molar-refractivity contribution in [2.75, 3.05) is 11.1 Å². The first-order chi connectivity index (χ1) is 16.8. The summed E-state index contributed by atoms with van der Waals surface area (Å²) in [4.78, 5) is 24.6. The molecule has 5 heterocycles. The van der Waals surface area contributed by atoms with Gasteiger partial charge in [0, 0.05) is 46.4 Å². The number of hydrogen-bond donors (Lipinski definition) is 3. The normalized spacial score (nSPS) is 18.4. The summed E-state index contributed by atoms with van der Waals surface area (Å²) in [7, 11) is 0. The summed E-state index contributed by atoms with van der Waals surface area (Å²) in [6.07, 6.45) is 17.4. The molecular formula is C22H23N11S. The highest BCUT2D eigenvalue weighted by molar-refractivity contribution is 7.99. The molecule has 3 N–H and O–H groups in total. The molecule has 34 heavy (non-hydrogen) atoms. The summed E-state index contributed by atoms with van der Waals surface area (Å²) < 4.78 is 2.12. The molecule has 0 spiro atoms. The van der Waals surface area contributed by atoms with Gasteiger partial charge in [-0.1, -0.05) is 0 Å². The minimum Gasteiger partial charge on any atom is -0.346 e. The summed E-state index contributed by atoms with van der Waals surface area (Å²) in [5, 5.41) is 16.3. The molecule has 0 unspecified atom stereocenters. The Balaban J connectivity index is 1.02. The maximum atomic E-state index is 4.67. The van der Waals surface area contributed by atoms with Crippen molar-refractivity contribution in [2.45, 2.75) is 36.6 Å². The number of fused-ring (bicyclic) bond motifs is 1. The van der Waals surface area contributed by atoms with Gasteiger partial charge in [-0.25, -0.2) is 19.9 Å². The molecule has 0 amide bonds. The topological polar surface area (TPSA) is 139 Å². The van der Waals surface area contributed by atoms with Gasteiger partial charge in [0.25, 0.3) is 0 Å². The molecule has 1 aliphatic carbocycles. The second-order valence-electron chi connectivity index (χ2n) is 8.36. The number of aromatic nitrogens is 10. The van der Waals surface area contributed by atoms with Crippen LogP contribution in [0.15, 0.2) is 54.6 Å². The van der Waals surface area contributed by atoms with Gasteiger partial charge in [-0.3, -0.25) is 10.00 Å². The van der Waals surface area contributed by atoms with E-state index < -0.39 is 0 Å². The van der Waals surface area contributed by atoms with Crippen molar-refractivity contribution in [2.24, 2.45) is 5.92 Å². The van der Waals surface area contributed by atoms with E-state index in [0.717, 1.165) is 45.8 Å². The first-order valence-corrected chi connectivity index (χ1v) is 12.2. The lowest BCUT2D eigenvalue weighted by Crippen LogP contribution is -2.19. The van der Waals surface area contributed by atoms with E-state index in [2.05, 4.69) is 61.4 Å². The number of aromatic amines is 2. The number of rotatable bonds is 7. The molecule has 0 saturated heterocycles. The zero-order valence-corrected chi connectivity index (χ0v) is 19.1.